The predicted molar refractivity (Wildman–Crippen MR) is 122 cm³/mol. The number of carbonyl (C=O) groups excluding carboxylic acids is 2. The maximum Gasteiger partial charge on any atom is 0.343 e. The van der Waals surface area contributed by atoms with Gasteiger partial charge < -0.3 is 30.3 Å². The van der Waals surface area contributed by atoms with Crippen molar-refractivity contribution in [2.45, 2.75) is 70.1 Å². The molecule has 1 aromatic carbocycles. The first-order chi connectivity index (χ1) is 15.5. The second kappa shape index (κ2) is 11.6. The average Bonchev–Trinajstić information content (AvgIpc) is 2.97. The monoisotopic (exact) mass is 464 g/mol. The lowest BCUT2D eigenvalue weighted by molar-refractivity contribution is -0.157. The Bertz CT molecular complexity index is 844. The molecule has 4 atom stereocenters. The van der Waals surface area contributed by atoms with Crippen LogP contribution in [0.25, 0.3) is 0 Å². The molecule has 4 N–H and O–H groups in total. The summed E-state index contributed by atoms with van der Waals surface area (Å²) in [5, 5.41) is 31.5. The lowest BCUT2D eigenvalue weighted by Gasteiger charge is -2.35. The number of aliphatic carboxylic acids is 1. The fraction of sp³-hybridized carbons (Fsp3) is 0.625. The molecule has 184 valence electrons. The molecule has 1 saturated heterocycles. The summed E-state index contributed by atoms with van der Waals surface area (Å²) >= 11 is 0. The van der Waals surface area contributed by atoms with E-state index in [2.05, 4.69) is 24.2 Å². The number of nitrogens with zero attached hydrogens (tertiary/aromatic N) is 1. The molecule has 1 aliphatic rings. The Hall–Kier alpha value is -2.49. The number of carboxylic acids is 1. The van der Waals surface area contributed by atoms with E-state index in [0.29, 0.717) is 0 Å². The van der Waals surface area contributed by atoms with Crippen LogP contribution in [0.1, 0.15) is 52.0 Å². The number of likely N-dealkylation sites (tertiary alicyclic amines) is 1. The number of aliphatic hydroxyl groups excluding tert-OH is 2. The van der Waals surface area contributed by atoms with Crippen LogP contribution >= 0.6 is 0 Å². The lowest BCUT2D eigenvalue weighted by atomic mass is 9.74. The topological polar surface area (TPSA) is 136 Å². The van der Waals surface area contributed by atoms with Gasteiger partial charge >= 0.3 is 11.9 Å². The summed E-state index contributed by atoms with van der Waals surface area (Å²) in [5.41, 5.74) is 0.937. The minimum absolute atomic E-state index is 0.0889. The van der Waals surface area contributed by atoms with Crippen LogP contribution in [0, 0.1) is 5.92 Å². The first-order valence-corrected chi connectivity index (χ1v) is 11.4. The van der Waals surface area contributed by atoms with Crippen LogP contribution in [0.2, 0.25) is 0 Å². The average molecular weight is 465 g/mol. The van der Waals surface area contributed by atoms with Gasteiger partial charge in [0.15, 0.2) is 12.2 Å². The molecular formula is C24H36N2O7. The number of hydrogen-bond acceptors (Lipinski definition) is 7. The third kappa shape index (κ3) is 6.75. The molecule has 1 unspecified atom stereocenters. The Balaban J connectivity index is 2.12. The number of nitrogens with one attached hydrogen (secondary N) is 1. The molecule has 1 aromatic rings. The molecule has 1 heterocycles. The number of carbonyl (C=O) groups is 3. The second-order valence-corrected chi connectivity index (χ2v) is 9.24. The van der Waals surface area contributed by atoms with Crippen LogP contribution in [0.3, 0.4) is 0 Å². The molecule has 0 radical (unpaired) electrons. The maximum atomic E-state index is 12.4. The molecule has 1 fully saturated rings. The van der Waals surface area contributed by atoms with Gasteiger partial charge in [-0.3, -0.25) is 4.79 Å². The quantitative estimate of drug-likeness (QED) is 0.317. The van der Waals surface area contributed by atoms with Gasteiger partial charge in [-0.2, -0.15) is 0 Å². The molecule has 0 aromatic heterocycles. The Morgan fingerprint density at radius 1 is 1.18 bits per heavy atom. The van der Waals surface area contributed by atoms with E-state index in [-0.39, 0.29) is 11.2 Å². The molecule has 0 bridgehead atoms. The number of aliphatic hydroxyl groups is 2. The third-order valence-corrected chi connectivity index (χ3v) is 6.40. The minimum atomic E-state index is -2.17. The molecule has 9 nitrogen and oxygen atoms in total. The van der Waals surface area contributed by atoms with E-state index >= 15 is 0 Å². The first kappa shape index (κ1) is 26.8. The summed E-state index contributed by atoms with van der Waals surface area (Å²) < 4.78 is 5.27. The van der Waals surface area contributed by atoms with Crippen LogP contribution in [0.15, 0.2) is 24.3 Å². The lowest BCUT2D eigenvalue weighted by Crippen LogP contribution is -2.53. The van der Waals surface area contributed by atoms with E-state index in [1.807, 2.05) is 6.07 Å². The predicted octanol–water partition coefficient (Wildman–Crippen LogP) is 1.30. The molecule has 1 aliphatic heterocycles. The van der Waals surface area contributed by atoms with Crippen molar-refractivity contribution in [2.75, 3.05) is 20.1 Å². The van der Waals surface area contributed by atoms with Gasteiger partial charge in [-0.1, -0.05) is 39.3 Å². The Morgan fingerprint density at radius 3 is 2.48 bits per heavy atom. The molecule has 2 rings (SSSR count). The minimum Gasteiger partial charge on any atom is -0.480 e. The van der Waals surface area contributed by atoms with Gasteiger partial charge in [0.1, 0.15) is 11.8 Å². The number of hydrogen-bond donors (Lipinski definition) is 4. The van der Waals surface area contributed by atoms with E-state index in [9.17, 15) is 29.7 Å². The number of carboxylic acid groups (broad SMARTS) is 1. The molecule has 0 aliphatic carbocycles. The SMILES string of the molecule is CCC1(c2cccc(OC(=O)[C@H](O)[C@@H](O)C(=O)N[C@H](C(=O)O)C(C)C)c2)CCCCN(C)C1. The maximum absolute atomic E-state index is 12.4. The Labute approximate surface area is 194 Å². The zero-order valence-electron chi connectivity index (χ0n) is 19.8. The fourth-order valence-electron chi connectivity index (χ4n) is 4.34. The van der Waals surface area contributed by atoms with Gasteiger partial charge in [0.05, 0.1) is 0 Å². The van der Waals surface area contributed by atoms with Gasteiger partial charge in [0.25, 0.3) is 5.91 Å². The van der Waals surface area contributed by atoms with Gasteiger partial charge in [-0.25, -0.2) is 9.59 Å². The summed E-state index contributed by atoms with van der Waals surface area (Å²) in [4.78, 5) is 38.1. The smallest absolute Gasteiger partial charge is 0.343 e. The summed E-state index contributed by atoms with van der Waals surface area (Å²) in [6, 6.07) is 5.84. The van der Waals surface area contributed by atoms with Crippen LogP contribution < -0.4 is 10.1 Å². The van der Waals surface area contributed by atoms with Crippen LogP contribution in [-0.2, 0) is 19.8 Å². The van der Waals surface area contributed by atoms with Crippen molar-refractivity contribution in [2.24, 2.45) is 5.92 Å². The van der Waals surface area contributed by atoms with Crippen molar-refractivity contribution in [3.05, 3.63) is 29.8 Å². The van der Waals surface area contributed by atoms with Gasteiger partial charge in [-0.15, -0.1) is 0 Å². The van der Waals surface area contributed by atoms with E-state index in [1.54, 1.807) is 32.0 Å². The van der Waals surface area contributed by atoms with Gasteiger partial charge in [-0.05, 0) is 56.5 Å². The van der Waals surface area contributed by atoms with E-state index in [0.717, 1.165) is 44.3 Å². The van der Waals surface area contributed by atoms with Crippen LogP contribution in [-0.4, -0.2) is 76.5 Å². The van der Waals surface area contributed by atoms with Crippen LogP contribution in [0.5, 0.6) is 5.75 Å². The highest BCUT2D eigenvalue weighted by Gasteiger charge is 2.36. The normalized spacial score (nSPS) is 22.2. The highest BCUT2D eigenvalue weighted by atomic mass is 16.6. The molecule has 0 spiro atoms. The second-order valence-electron chi connectivity index (χ2n) is 9.24. The molecule has 1 amide bonds. The Morgan fingerprint density at radius 2 is 1.88 bits per heavy atom. The highest BCUT2D eigenvalue weighted by molar-refractivity contribution is 5.91. The molecule has 9 heteroatoms. The molecular weight excluding hydrogens is 428 g/mol. The van der Waals surface area contributed by atoms with Crippen molar-refractivity contribution in [1.82, 2.24) is 10.2 Å². The third-order valence-electron chi connectivity index (χ3n) is 6.40. The number of ether oxygens (including phenoxy) is 1. The van der Waals surface area contributed by atoms with Crippen molar-refractivity contribution >= 4 is 17.8 Å². The highest BCUT2D eigenvalue weighted by Crippen LogP contribution is 2.37. The zero-order chi connectivity index (χ0) is 24.8. The summed E-state index contributed by atoms with van der Waals surface area (Å²) in [6.45, 7) is 7.21. The van der Waals surface area contributed by atoms with Crippen molar-refractivity contribution in [3.63, 3.8) is 0 Å². The zero-order valence-corrected chi connectivity index (χ0v) is 19.8. The van der Waals surface area contributed by atoms with Crippen molar-refractivity contribution < 1.29 is 34.4 Å². The fourth-order valence-corrected chi connectivity index (χ4v) is 4.34. The van der Waals surface area contributed by atoms with E-state index in [1.165, 1.54) is 0 Å². The molecule has 0 saturated carbocycles. The standard InChI is InChI=1S/C24H36N2O7/c1-5-24(11-6-7-12-26(4)14-24)16-9-8-10-17(13-16)33-23(32)20(28)19(27)21(29)25-18(15(2)3)22(30)31/h8-10,13,15,18-20,27-28H,5-7,11-12,14H2,1-4H3,(H,25,29)(H,30,31)/t18-,19+,20+,24?/m0/s1. The summed E-state index contributed by atoms with van der Waals surface area (Å²) in [7, 11) is 2.09. The first-order valence-electron chi connectivity index (χ1n) is 11.4. The number of amides is 1. The van der Waals surface area contributed by atoms with E-state index in [4.69, 9.17) is 4.74 Å². The van der Waals surface area contributed by atoms with Crippen molar-refractivity contribution in [1.29, 1.82) is 0 Å². The largest absolute Gasteiger partial charge is 0.480 e. The Kier molecular flexibility index (Phi) is 9.39. The number of rotatable bonds is 9. The summed E-state index contributed by atoms with van der Waals surface area (Å²) in [6.07, 6.45) is -0.197. The van der Waals surface area contributed by atoms with Gasteiger partial charge in [0, 0.05) is 12.0 Å². The summed E-state index contributed by atoms with van der Waals surface area (Å²) in [5.74, 6) is -3.90. The molecule has 33 heavy (non-hydrogen) atoms. The number of likely N-dealkylation sites (N-methyl/N-ethyl adjacent to an activating group) is 1. The number of esters is 1. The van der Waals surface area contributed by atoms with E-state index < -0.39 is 42.0 Å². The van der Waals surface area contributed by atoms with Crippen LogP contribution in [0.4, 0.5) is 0 Å². The van der Waals surface area contributed by atoms with Crippen molar-refractivity contribution in [3.8, 4) is 5.75 Å². The van der Waals surface area contributed by atoms with Gasteiger partial charge in [0.2, 0.25) is 0 Å². The number of benzene rings is 1.